The van der Waals surface area contributed by atoms with E-state index in [9.17, 15) is 4.79 Å². The first-order chi connectivity index (χ1) is 9.72. The number of piperidine rings is 1. The Labute approximate surface area is 120 Å². The average molecular weight is 274 g/mol. The molecular formula is C16H22N2O2. The Morgan fingerprint density at radius 2 is 1.90 bits per heavy atom. The fourth-order valence-electron chi connectivity index (χ4n) is 3.32. The summed E-state index contributed by atoms with van der Waals surface area (Å²) in [5, 5.41) is 3.45. The molecule has 1 N–H and O–H groups in total. The second-order valence-corrected chi connectivity index (χ2v) is 5.95. The van der Waals surface area contributed by atoms with E-state index in [0.29, 0.717) is 5.41 Å². The zero-order chi connectivity index (χ0) is 14.0. The topological polar surface area (TPSA) is 41.6 Å². The molecule has 1 aromatic carbocycles. The fourth-order valence-corrected chi connectivity index (χ4v) is 3.32. The van der Waals surface area contributed by atoms with Crippen LogP contribution in [0.25, 0.3) is 0 Å². The highest BCUT2D eigenvalue weighted by Gasteiger charge is 2.38. The molecule has 1 aromatic rings. The van der Waals surface area contributed by atoms with Gasteiger partial charge in [-0.15, -0.1) is 0 Å². The summed E-state index contributed by atoms with van der Waals surface area (Å²) in [5.41, 5.74) is 1.21. The zero-order valence-electron chi connectivity index (χ0n) is 12.0. The lowest BCUT2D eigenvalue weighted by Crippen LogP contribution is -2.44. The molecule has 0 bridgehead atoms. The normalized spacial score (nSPS) is 21.1. The van der Waals surface area contributed by atoms with Gasteiger partial charge in [0.05, 0.1) is 7.11 Å². The molecule has 0 unspecified atom stereocenters. The number of hydrogen-bond donors (Lipinski definition) is 1. The first-order valence-electron chi connectivity index (χ1n) is 7.37. The van der Waals surface area contributed by atoms with Crippen molar-refractivity contribution in [3.63, 3.8) is 0 Å². The number of likely N-dealkylation sites (tertiary alicyclic amines) is 1. The summed E-state index contributed by atoms with van der Waals surface area (Å²) in [7, 11) is 1.64. The molecule has 2 heterocycles. The number of carbonyl (C=O) groups excluding carboxylic acids is 1. The van der Waals surface area contributed by atoms with Gasteiger partial charge in [0.15, 0.2) is 0 Å². The highest BCUT2D eigenvalue weighted by molar-refractivity contribution is 5.94. The summed E-state index contributed by atoms with van der Waals surface area (Å²) < 4.78 is 5.13. The lowest BCUT2D eigenvalue weighted by atomic mass is 9.78. The summed E-state index contributed by atoms with van der Waals surface area (Å²) in [6.45, 7) is 4.02. The van der Waals surface area contributed by atoms with Gasteiger partial charge in [0.2, 0.25) is 0 Å². The van der Waals surface area contributed by atoms with Gasteiger partial charge in [-0.3, -0.25) is 4.79 Å². The van der Waals surface area contributed by atoms with Crippen LogP contribution in [0.1, 0.15) is 29.6 Å². The molecular weight excluding hydrogens is 252 g/mol. The van der Waals surface area contributed by atoms with E-state index in [1.807, 2.05) is 29.2 Å². The lowest BCUT2D eigenvalue weighted by molar-refractivity contribution is 0.0607. The van der Waals surface area contributed by atoms with Crippen molar-refractivity contribution in [3.05, 3.63) is 29.8 Å². The van der Waals surface area contributed by atoms with Gasteiger partial charge in [-0.1, -0.05) is 0 Å². The number of carbonyl (C=O) groups is 1. The first-order valence-corrected chi connectivity index (χ1v) is 7.37. The van der Waals surface area contributed by atoms with Crippen molar-refractivity contribution in [2.75, 3.05) is 33.3 Å². The molecule has 0 saturated carbocycles. The summed E-state index contributed by atoms with van der Waals surface area (Å²) >= 11 is 0. The molecule has 0 atom stereocenters. The van der Waals surface area contributed by atoms with Crippen molar-refractivity contribution in [2.24, 2.45) is 5.41 Å². The number of methoxy groups -OCH3 is 1. The Kier molecular flexibility index (Phi) is 3.66. The zero-order valence-corrected chi connectivity index (χ0v) is 12.0. The smallest absolute Gasteiger partial charge is 0.253 e. The maximum atomic E-state index is 12.5. The van der Waals surface area contributed by atoms with Gasteiger partial charge in [-0.25, -0.2) is 0 Å². The highest BCUT2D eigenvalue weighted by atomic mass is 16.5. The van der Waals surface area contributed by atoms with Crippen LogP contribution in [-0.2, 0) is 0 Å². The molecule has 108 valence electrons. The van der Waals surface area contributed by atoms with Crippen LogP contribution in [0.2, 0.25) is 0 Å². The SMILES string of the molecule is COc1ccc(C(=O)N2CCC3(CCNC3)CC2)cc1. The first kappa shape index (κ1) is 13.4. The van der Waals surface area contributed by atoms with Crippen LogP contribution in [0.3, 0.4) is 0 Å². The third-order valence-electron chi connectivity index (χ3n) is 4.78. The van der Waals surface area contributed by atoms with Crippen LogP contribution in [-0.4, -0.2) is 44.1 Å². The monoisotopic (exact) mass is 274 g/mol. The van der Waals surface area contributed by atoms with E-state index < -0.39 is 0 Å². The van der Waals surface area contributed by atoms with Crippen LogP contribution < -0.4 is 10.1 Å². The predicted molar refractivity (Wildman–Crippen MR) is 78.1 cm³/mol. The van der Waals surface area contributed by atoms with Gasteiger partial charge < -0.3 is 15.0 Å². The standard InChI is InChI=1S/C16H22N2O2/c1-20-14-4-2-13(3-5-14)15(19)18-10-7-16(8-11-18)6-9-17-12-16/h2-5,17H,6-12H2,1H3. The van der Waals surface area contributed by atoms with Crippen LogP contribution >= 0.6 is 0 Å². The van der Waals surface area contributed by atoms with Gasteiger partial charge in [-0.05, 0) is 55.5 Å². The lowest BCUT2D eigenvalue weighted by Gasteiger charge is -2.38. The second-order valence-electron chi connectivity index (χ2n) is 5.95. The largest absolute Gasteiger partial charge is 0.497 e. The number of nitrogens with one attached hydrogen (secondary N) is 1. The Bertz CT molecular complexity index is 468. The fraction of sp³-hybridized carbons (Fsp3) is 0.562. The molecule has 4 heteroatoms. The van der Waals surface area contributed by atoms with Gasteiger partial charge in [-0.2, -0.15) is 0 Å². The van der Waals surface area contributed by atoms with Crippen LogP contribution in [0.15, 0.2) is 24.3 Å². The van der Waals surface area contributed by atoms with Crippen LogP contribution in [0.5, 0.6) is 5.75 Å². The number of hydrogen-bond acceptors (Lipinski definition) is 3. The maximum absolute atomic E-state index is 12.5. The van der Waals surface area contributed by atoms with E-state index in [2.05, 4.69) is 5.32 Å². The number of amides is 1. The minimum Gasteiger partial charge on any atom is -0.497 e. The number of benzene rings is 1. The Balaban J connectivity index is 1.63. The Morgan fingerprint density at radius 3 is 2.45 bits per heavy atom. The molecule has 2 aliphatic heterocycles. The maximum Gasteiger partial charge on any atom is 0.253 e. The van der Waals surface area contributed by atoms with Crippen molar-refractivity contribution in [1.29, 1.82) is 0 Å². The Morgan fingerprint density at radius 1 is 1.20 bits per heavy atom. The van der Waals surface area contributed by atoms with Crippen molar-refractivity contribution in [2.45, 2.75) is 19.3 Å². The van der Waals surface area contributed by atoms with E-state index in [-0.39, 0.29) is 5.91 Å². The van der Waals surface area contributed by atoms with E-state index in [4.69, 9.17) is 4.74 Å². The molecule has 1 amide bonds. The molecule has 2 fully saturated rings. The quantitative estimate of drug-likeness (QED) is 0.895. The number of ether oxygens (including phenoxy) is 1. The van der Waals surface area contributed by atoms with E-state index >= 15 is 0 Å². The number of rotatable bonds is 2. The van der Waals surface area contributed by atoms with Crippen LogP contribution in [0.4, 0.5) is 0 Å². The molecule has 1 spiro atoms. The van der Waals surface area contributed by atoms with Gasteiger partial charge in [0.1, 0.15) is 5.75 Å². The van der Waals surface area contributed by atoms with E-state index in [1.54, 1.807) is 7.11 Å². The summed E-state index contributed by atoms with van der Waals surface area (Å²) in [4.78, 5) is 14.5. The van der Waals surface area contributed by atoms with Crippen LogP contribution in [0, 0.1) is 5.41 Å². The molecule has 0 aliphatic carbocycles. The Hall–Kier alpha value is -1.55. The minimum absolute atomic E-state index is 0.147. The second kappa shape index (κ2) is 5.44. The third kappa shape index (κ3) is 2.52. The van der Waals surface area contributed by atoms with Crippen molar-refractivity contribution in [1.82, 2.24) is 10.2 Å². The third-order valence-corrected chi connectivity index (χ3v) is 4.78. The molecule has 0 radical (unpaired) electrons. The molecule has 0 aromatic heterocycles. The van der Waals surface area contributed by atoms with E-state index in [1.165, 1.54) is 6.42 Å². The average Bonchev–Trinajstić information content (AvgIpc) is 2.96. The van der Waals surface area contributed by atoms with Gasteiger partial charge >= 0.3 is 0 Å². The van der Waals surface area contributed by atoms with Gasteiger partial charge in [0, 0.05) is 25.2 Å². The predicted octanol–water partition coefficient (Wildman–Crippen LogP) is 1.91. The molecule has 3 rings (SSSR count). The molecule has 2 saturated heterocycles. The van der Waals surface area contributed by atoms with E-state index in [0.717, 1.165) is 50.3 Å². The van der Waals surface area contributed by atoms with Gasteiger partial charge in [0.25, 0.3) is 5.91 Å². The van der Waals surface area contributed by atoms with Crippen molar-refractivity contribution >= 4 is 5.91 Å². The highest BCUT2D eigenvalue weighted by Crippen LogP contribution is 2.37. The van der Waals surface area contributed by atoms with Crippen molar-refractivity contribution < 1.29 is 9.53 Å². The molecule has 2 aliphatic rings. The minimum atomic E-state index is 0.147. The molecule has 4 nitrogen and oxygen atoms in total. The number of nitrogens with zero attached hydrogens (tertiary/aromatic N) is 1. The molecule has 20 heavy (non-hydrogen) atoms. The summed E-state index contributed by atoms with van der Waals surface area (Å²) in [6, 6.07) is 7.39. The summed E-state index contributed by atoms with van der Waals surface area (Å²) in [6.07, 6.45) is 3.52. The van der Waals surface area contributed by atoms with Crippen molar-refractivity contribution in [3.8, 4) is 5.75 Å². The summed E-state index contributed by atoms with van der Waals surface area (Å²) in [5.74, 6) is 0.935.